The summed E-state index contributed by atoms with van der Waals surface area (Å²) in [6.45, 7) is 0.619. The van der Waals surface area contributed by atoms with Crippen LogP contribution in [0.1, 0.15) is 32.1 Å². The van der Waals surface area contributed by atoms with Gasteiger partial charge in [0.15, 0.2) is 0 Å². The molecule has 0 radical (unpaired) electrons. The predicted octanol–water partition coefficient (Wildman–Crippen LogP) is 1.86. The van der Waals surface area contributed by atoms with E-state index in [-0.39, 0.29) is 30.5 Å². The van der Waals surface area contributed by atoms with Gasteiger partial charge < -0.3 is 14.6 Å². The molecule has 0 saturated carbocycles. The predicted molar refractivity (Wildman–Crippen MR) is 84.6 cm³/mol. The van der Waals surface area contributed by atoms with Gasteiger partial charge in [-0.15, -0.1) is 0 Å². The van der Waals surface area contributed by atoms with Crippen LogP contribution in [0.25, 0.3) is 0 Å². The van der Waals surface area contributed by atoms with E-state index in [4.69, 9.17) is 5.11 Å². The van der Waals surface area contributed by atoms with Crippen LogP contribution in [0.3, 0.4) is 0 Å². The van der Waals surface area contributed by atoms with Gasteiger partial charge in [0.2, 0.25) is 5.91 Å². The van der Waals surface area contributed by atoms with E-state index in [9.17, 15) is 14.4 Å². The highest BCUT2D eigenvalue weighted by Crippen LogP contribution is 2.21. The molecule has 1 aromatic rings. The molecule has 1 aliphatic heterocycles. The first-order valence-electron chi connectivity index (χ1n) is 7.34. The second-order valence-corrected chi connectivity index (χ2v) is 6.40. The van der Waals surface area contributed by atoms with Crippen LogP contribution in [0.5, 0.6) is 0 Å². The highest BCUT2D eigenvalue weighted by Gasteiger charge is 2.27. The van der Waals surface area contributed by atoms with E-state index in [1.165, 1.54) is 10.6 Å². The van der Waals surface area contributed by atoms with Gasteiger partial charge >= 0.3 is 5.97 Å². The normalized spacial score (nSPS) is 18.2. The molecule has 1 fully saturated rings. The number of hydrogen-bond donors (Lipinski definition) is 1. The Labute approximate surface area is 136 Å². The summed E-state index contributed by atoms with van der Waals surface area (Å²) in [5.41, 5.74) is -0.226. The van der Waals surface area contributed by atoms with E-state index in [0.717, 1.165) is 23.7 Å². The van der Waals surface area contributed by atoms with E-state index < -0.39 is 5.97 Å². The number of piperidine rings is 1. The van der Waals surface area contributed by atoms with Crippen LogP contribution in [0, 0.1) is 0 Å². The number of carboxylic acid groups (broad SMARTS) is 1. The highest BCUT2D eigenvalue weighted by molar-refractivity contribution is 9.10. The molecule has 0 bridgehead atoms. The molecule has 2 rings (SSSR count). The molecule has 0 aromatic carbocycles. The number of aromatic nitrogens is 1. The average molecular weight is 371 g/mol. The second kappa shape index (κ2) is 7.58. The Balaban J connectivity index is 2.06. The van der Waals surface area contributed by atoms with Crippen molar-refractivity contribution in [3.8, 4) is 0 Å². The molecule has 1 atom stereocenters. The zero-order valence-electron chi connectivity index (χ0n) is 12.2. The van der Waals surface area contributed by atoms with Crippen molar-refractivity contribution in [2.75, 3.05) is 6.54 Å². The first-order chi connectivity index (χ1) is 10.5. The summed E-state index contributed by atoms with van der Waals surface area (Å²) in [5, 5.41) is 8.82. The molecule has 2 heterocycles. The van der Waals surface area contributed by atoms with Gasteiger partial charge in [0, 0.05) is 35.7 Å². The molecule has 22 heavy (non-hydrogen) atoms. The largest absolute Gasteiger partial charge is 0.481 e. The van der Waals surface area contributed by atoms with Gasteiger partial charge in [-0.05, 0) is 47.7 Å². The van der Waals surface area contributed by atoms with Crippen LogP contribution in [-0.4, -0.2) is 39.0 Å². The molecule has 0 spiro atoms. The van der Waals surface area contributed by atoms with Crippen molar-refractivity contribution >= 4 is 27.8 Å². The smallest absolute Gasteiger partial charge is 0.303 e. The van der Waals surface area contributed by atoms with Crippen LogP contribution in [0.15, 0.2) is 27.6 Å². The standard InChI is InChI=1S/C15H19BrN2O4/c16-11-4-6-13(19)17(9-11)10-14(20)18-8-2-1-3-12(18)5-7-15(21)22/h4,6,9,12H,1-3,5,7-8,10H2,(H,21,22)/t12-/m0/s1. The Morgan fingerprint density at radius 1 is 1.32 bits per heavy atom. The van der Waals surface area contributed by atoms with Gasteiger partial charge in [0.25, 0.3) is 5.56 Å². The Hall–Kier alpha value is -1.63. The Kier molecular flexibility index (Phi) is 5.76. The molecule has 1 aromatic heterocycles. The molecule has 1 saturated heterocycles. The van der Waals surface area contributed by atoms with Gasteiger partial charge in [0.1, 0.15) is 6.54 Å². The van der Waals surface area contributed by atoms with Crippen molar-refractivity contribution in [3.63, 3.8) is 0 Å². The minimum atomic E-state index is -0.846. The zero-order chi connectivity index (χ0) is 16.1. The molecule has 0 aliphatic carbocycles. The molecule has 7 heteroatoms. The third-order valence-corrected chi connectivity index (χ3v) is 4.36. The van der Waals surface area contributed by atoms with E-state index in [1.807, 2.05) is 0 Å². The third kappa shape index (κ3) is 4.43. The van der Waals surface area contributed by atoms with E-state index in [2.05, 4.69) is 15.9 Å². The second-order valence-electron chi connectivity index (χ2n) is 5.48. The van der Waals surface area contributed by atoms with Gasteiger partial charge in [-0.2, -0.15) is 0 Å². The average Bonchev–Trinajstić information content (AvgIpc) is 2.49. The molecule has 1 N–H and O–H groups in total. The Bertz CT molecular complexity index is 614. The molecule has 1 aliphatic rings. The van der Waals surface area contributed by atoms with Crippen molar-refractivity contribution in [2.24, 2.45) is 0 Å². The van der Waals surface area contributed by atoms with Crippen LogP contribution >= 0.6 is 15.9 Å². The lowest BCUT2D eigenvalue weighted by atomic mass is 9.98. The topological polar surface area (TPSA) is 79.6 Å². The van der Waals surface area contributed by atoms with Crippen molar-refractivity contribution in [3.05, 3.63) is 33.2 Å². The number of pyridine rings is 1. The van der Waals surface area contributed by atoms with Crippen LogP contribution in [-0.2, 0) is 16.1 Å². The zero-order valence-corrected chi connectivity index (χ0v) is 13.8. The van der Waals surface area contributed by atoms with Crippen LogP contribution < -0.4 is 5.56 Å². The number of halogens is 1. The highest BCUT2D eigenvalue weighted by atomic mass is 79.9. The fourth-order valence-electron chi connectivity index (χ4n) is 2.78. The maximum Gasteiger partial charge on any atom is 0.303 e. The fourth-order valence-corrected chi connectivity index (χ4v) is 3.16. The van der Waals surface area contributed by atoms with Gasteiger partial charge in [-0.25, -0.2) is 0 Å². The monoisotopic (exact) mass is 370 g/mol. The number of aliphatic carboxylic acids is 1. The summed E-state index contributed by atoms with van der Waals surface area (Å²) < 4.78 is 2.11. The van der Waals surface area contributed by atoms with Gasteiger partial charge in [-0.3, -0.25) is 14.4 Å². The number of nitrogens with zero attached hydrogens (tertiary/aromatic N) is 2. The maximum atomic E-state index is 12.5. The van der Waals surface area contributed by atoms with Crippen molar-refractivity contribution in [1.82, 2.24) is 9.47 Å². The number of rotatable bonds is 5. The minimum absolute atomic E-state index is 0.0121. The fraction of sp³-hybridized carbons (Fsp3) is 0.533. The summed E-state index contributed by atoms with van der Waals surface area (Å²) in [5.74, 6) is -0.975. The Morgan fingerprint density at radius 2 is 2.09 bits per heavy atom. The number of carbonyl (C=O) groups excluding carboxylic acids is 1. The first-order valence-corrected chi connectivity index (χ1v) is 8.14. The van der Waals surface area contributed by atoms with E-state index in [0.29, 0.717) is 13.0 Å². The van der Waals surface area contributed by atoms with Crippen LogP contribution in [0.2, 0.25) is 0 Å². The third-order valence-electron chi connectivity index (χ3n) is 3.89. The molecular formula is C15H19BrN2O4. The minimum Gasteiger partial charge on any atom is -0.481 e. The van der Waals surface area contributed by atoms with Crippen molar-refractivity contribution in [1.29, 1.82) is 0 Å². The van der Waals surface area contributed by atoms with Crippen molar-refractivity contribution in [2.45, 2.75) is 44.7 Å². The maximum absolute atomic E-state index is 12.5. The number of likely N-dealkylation sites (tertiary alicyclic amines) is 1. The van der Waals surface area contributed by atoms with Crippen molar-refractivity contribution < 1.29 is 14.7 Å². The summed E-state index contributed by atoms with van der Waals surface area (Å²) in [6, 6.07) is 3.01. The van der Waals surface area contributed by atoms with E-state index >= 15 is 0 Å². The lowest BCUT2D eigenvalue weighted by Crippen LogP contribution is -2.46. The van der Waals surface area contributed by atoms with Gasteiger partial charge in [-0.1, -0.05) is 0 Å². The number of hydrogen-bond acceptors (Lipinski definition) is 3. The number of carbonyl (C=O) groups is 2. The number of carboxylic acids is 1. The SMILES string of the molecule is O=C(O)CC[C@@H]1CCCCN1C(=O)Cn1cc(Br)ccc1=O. The van der Waals surface area contributed by atoms with E-state index in [1.54, 1.807) is 17.2 Å². The Morgan fingerprint density at radius 3 is 2.82 bits per heavy atom. The summed E-state index contributed by atoms with van der Waals surface area (Å²) in [6.07, 6.45) is 4.87. The first kappa shape index (κ1) is 16.7. The quantitative estimate of drug-likeness (QED) is 0.857. The molecular weight excluding hydrogens is 352 g/mol. The summed E-state index contributed by atoms with van der Waals surface area (Å²) in [4.78, 5) is 36.7. The molecule has 120 valence electrons. The molecule has 0 unspecified atom stereocenters. The lowest BCUT2D eigenvalue weighted by molar-refractivity contribution is -0.140. The van der Waals surface area contributed by atoms with Gasteiger partial charge in [0.05, 0.1) is 0 Å². The lowest BCUT2D eigenvalue weighted by Gasteiger charge is -2.35. The molecule has 6 nitrogen and oxygen atoms in total. The summed E-state index contributed by atoms with van der Waals surface area (Å²) in [7, 11) is 0. The molecule has 1 amide bonds. The summed E-state index contributed by atoms with van der Waals surface area (Å²) >= 11 is 3.29. The van der Waals surface area contributed by atoms with Crippen LogP contribution in [0.4, 0.5) is 0 Å². The number of amides is 1.